The molecule has 0 unspecified atom stereocenters. The van der Waals surface area contributed by atoms with Crippen LogP contribution in [0.1, 0.15) is 5.56 Å². The lowest BCUT2D eigenvalue weighted by Gasteiger charge is -2.04. The smallest absolute Gasteiger partial charge is 0.234 e. The van der Waals surface area contributed by atoms with Crippen LogP contribution in [-0.4, -0.2) is 26.4 Å². The zero-order chi connectivity index (χ0) is 16.1. The van der Waals surface area contributed by atoms with Gasteiger partial charge in [-0.15, -0.1) is 5.10 Å². The van der Waals surface area contributed by atoms with E-state index in [9.17, 15) is 4.79 Å². The number of rotatable bonds is 5. The number of aromatic nitrogens is 3. The molecule has 2 aromatic carbocycles. The fourth-order valence-corrected chi connectivity index (χ4v) is 2.67. The van der Waals surface area contributed by atoms with E-state index in [-0.39, 0.29) is 11.7 Å². The molecule has 0 fully saturated rings. The normalized spacial score (nSPS) is 10.5. The number of hydrogen-bond acceptors (Lipinski definition) is 4. The summed E-state index contributed by atoms with van der Waals surface area (Å²) in [4.78, 5) is 16.2. The van der Waals surface area contributed by atoms with E-state index in [0.717, 1.165) is 16.9 Å². The Bertz CT molecular complexity index is 801. The highest BCUT2D eigenvalue weighted by Gasteiger charge is 2.08. The predicted octanol–water partition coefficient (Wildman–Crippen LogP) is 3.31. The first-order valence-electron chi connectivity index (χ1n) is 7.17. The second kappa shape index (κ2) is 7.11. The minimum atomic E-state index is -0.0725. The maximum atomic E-state index is 12.0. The SMILES string of the molecule is Cc1cccc(NC(=O)CSc2ncn(-c3ccccc3)n2)c1. The van der Waals surface area contributed by atoms with Gasteiger partial charge in [0.1, 0.15) is 6.33 Å². The first-order chi connectivity index (χ1) is 11.2. The molecule has 3 aromatic rings. The molecule has 1 heterocycles. The van der Waals surface area contributed by atoms with E-state index < -0.39 is 0 Å². The number of carbonyl (C=O) groups excluding carboxylic acids is 1. The van der Waals surface area contributed by atoms with E-state index in [0.29, 0.717) is 5.16 Å². The van der Waals surface area contributed by atoms with Crippen molar-refractivity contribution in [2.24, 2.45) is 0 Å². The first kappa shape index (κ1) is 15.3. The van der Waals surface area contributed by atoms with Gasteiger partial charge in [0.2, 0.25) is 11.1 Å². The third kappa shape index (κ3) is 4.20. The molecule has 23 heavy (non-hydrogen) atoms. The van der Waals surface area contributed by atoms with Gasteiger partial charge < -0.3 is 5.32 Å². The van der Waals surface area contributed by atoms with Crippen LogP contribution in [0.4, 0.5) is 5.69 Å². The van der Waals surface area contributed by atoms with Crippen molar-refractivity contribution in [1.29, 1.82) is 0 Å². The second-order valence-corrected chi connectivity index (χ2v) is 5.96. The van der Waals surface area contributed by atoms with Crippen molar-refractivity contribution in [1.82, 2.24) is 14.8 Å². The zero-order valence-corrected chi connectivity index (χ0v) is 13.5. The van der Waals surface area contributed by atoms with E-state index in [1.165, 1.54) is 11.8 Å². The Morgan fingerprint density at radius 1 is 1.17 bits per heavy atom. The number of anilines is 1. The predicted molar refractivity (Wildman–Crippen MR) is 91.9 cm³/mol. The number of aryl methyl sites for hydroxylation is 1. The molecule has 0 aliphatic heterocycles. The molecule has 0 atom stereocenters. The van der Waals surface area contributed by atoms with Gasteiger partial charge in [0.25, 0.3) is 0 Å². The molecule has 0 saturated heterocycles. The third-order valence-corrected chi connectivity index (χ3v) is 3.98. The molecule has 0 saturated carbocycles. The van der Waals surface area contributed by atoms with E-state index in [1.807, 2.05) is 61.5 Å². The summed E-state index contributed by atoms with van der Waals surface area (Å²) in [5.74, 6) is 0.198. The Morgan fingerprint density at radius 2 is 2.00 bits per heavy atom. The van der Waals surface area contributed by atoms with Crippen molar-refractivity contribution in [2.45, 2.75) is 12.1 Å². The van der Waals surface area contributed by atoms with Crippen molar-refractivity contribution >= 4 is 23.4 Å². The van der Waals surface area contributed by atoms with Gasteiger partial charge >= 0.3 is 0 Å². The number of para-hydroxylation sites is 1. The van der Waals surface area contributed by atoms with Crippen LogP contribution >= 0.6 is 11.8 Å². The standard InChI is InChI=1S/C17H16N4OS/c1-13-6-5-7-14(10-13)19-16(22)11-23-17-18-12-21(20-17)15-8-3-2-4-9-15/h2-10,12H,11H2,1H3,(H,19,22). The van der Waals surface area contributed by atoms with Crippen LogP contribution in [-0.2, 0) is 4.79 Å². The van der Waals surface area contributed by atoms with Crippen molar-refractivity contribution in [2.75, 3.05) is 11.1 Å². The Morgan fingerprint density at radius 3 is 2.78 bits per heavy atom. The first-order valence-corrected chi connectivity index (χ1v) is 8.16. The van der Waals surface area contributed by atoms with Gasteiger partial charge in [-0.2, -0.15) is 0 Å². The molecule has 116 valence electrons. The average molecular weight is 324 g/mol. The van der Waals surface area contributed by atoms with Crippen LogP contribution in [0, 0.1) is 6.92 Å². The molecule has 0 aliphatic rings. The monoisotopic (exact) mass is 324 g/mol. The summed E-state index contributed by atoms with van der Waals surface area (Å²) in [7, 11) is 0. The Hall–Kier alpha value is -2.60. The molecule has 0 aliphatic carbocycles. The van der Waals surface area contributed by atoms with Crippen LogP contribution in [0.15, 0.2) is 66.1 Å². The van der Waals surface area contributed by atoms with Crippen molar-refractivity contribution in [3.63, 3.8) is 0 Å². The fraction of sp³-hybridized carbons (Fsp3) is 0.118. The number of amides is 1. The van der Waals surface area contributed by atoms with E-state index in [2.05, 4.69) is 15.4 Å². The molecular weight excluding hydrogens is 308 g/mol. The number of nitrogens with zero attached hydrogens (tertiary/aromatic N) is 3. The Labute approximate surface area is 138 Å². The van der Waals surface area contributed by atoms with Crippen LogP contribution in [0.2, 0.25) is 0 Å². The maximum absolute atomic E-state index is 12.0. The highest BCUT2D eigenvalue weighted by molar-refractivity contribution is 7.99. The molecule has 5 nitrogen and oxygen atoms in total. The molecular formula is C17H16N4OS. The quantitative estimate of drug-likeness (QED) is 0.732. The van der Waals surface area contributed by atoms with E-state index >= 15 is 0 Å². The lowest BCUT2D eigenvalue weighted by Crippen LogP contribution is -2.14. The van der Waals surface area contributed by atoms with E-state index in [1.54, 1.807) is 11.0 Å². The molecule has 1 N–H and O–H groups in total. The number of thioether (sulfide) groups is 1. The molecule has 0 radical (unpaired) electrons. The molecule has 1 amide bonds. The van der Waals surface area contributed by atoms with Crippen molar-refractivity contribution in [3.8, 4) is 5.69 Å². The largest absolute Gasteiger partial charge is 0.325 e. The molecule has 3 rings (SSSR count). The summed E-state index contributed by atoms with van der Waals surface area (Å²) < 4.78 is 1.70. The van der Waals surface area contributed by atoms with Crippen molar-refractivity contribution < 1.29 is 4.79 Å². The summed E-state index contributed by atoms with van der Waals surface area (Å²) in [5, 5.41) is 7.81. The summed E-state index contributed by atoms with van der Waals surface area (Å²) in [6.45, 7) is 1.99. The van der Waals surface area contributed by atoms with E-state index in [4.69, 9.17) is 0 Å². The number of carbonyl (C=O) groups is 1. The number of hydrogen-bond donors (Lipinski definition) is 1. The van der Waals surface area contributed by atoms with Crippen LogP contribution in [0.5, 0.6) is 0 Å². The maximum Gasteiger partial charge on any atom is 0.234 e. The minimum absolute atomic E-state index is 0.0725. The van der Waals surface area contributed by atoms with Crippen molar-refractivity contribution in [3.05, 3.63) is 66.5 Å². The number of nitrogens with one attached hydrogen (secondary N) is 1. The molecule has 0 spiro atoms. The third-order valence-electron chi connectivity index (χ3n) is 3.13. The Kier molecular flexibility index (Phi) is 4.73. The average Bonchev–Trinajstić information content (AvgIpc) is 3.03. The lowest BCUT2D eigenvalue weighted by molar-refractivity contribution is -0.113. The summed E-state index contributed by atoms with van der Waals surface area (Å²) in [5.41, 5.74) is 2.85. The summed E-state index contributed by atoms with van der Waals surface area (Å²) in [6, 6.07) is 17.5. The number of benzene rings is 2. The summed E-state index contributed by atoms with van der Waals surface area (Å²) in [6.07, 6.45) is 1.65. The van der Waals surface area contributed by atoms with Gasteiger partial charge in [-0.05, 0) is 36.8 Å². The molecule has 1 aromatic heterocycles. The highest BCUT2D eigenvalue weighted by Crippen LogP contribution is 2.15. The highest BCUT2D eigenvalue weighted by atomic mass is 32.2. The fourth-order valence-electron chi connectivity index (χ4n) is 2.07. The van der Waals surface area contributed by atoms with Crippen LogP contribution in [0.3, 0.4) is 0 Å². The Balaban J connectivity index is 1.56. The summed E-state index contributed by atoms with van der Waals surface area (Å²) >= 11 is 1.31. The lowest BCUT2D eigenvalue weighted by atomic mass is 10.2. The molecule has 6 heteroatoms. The second-order valence-electron chi connectivity index (χ2n) is 5.01. The van der Waals surface area contributed by atoms with Gasteiger partial charge in [-0.3, -0.25) is 4.79 Å². The van der Waals surface area contributed by atoms with Crippen LogP contribution < -0.4 is 5.32 Å². The van der Waals surface area contributed by atoms with Gasteiger partial charge in [0.15, 0.2) is 0 Å². The van der Waals surface area contributed by atoms with Gasteiger partial charge in [-0.25, -0.2) is 9.67 Å². The van der Waals surface area contributed by atoms with Gasteiger partial charge in [-0.1, -0.05) is 42.1 Å². The van der Waals surface area contributed by atoms with Crippen LogP contribution in [0.25, 0.3) is 5.69 Å². The molecule has 0 bridgehead atoms. The van der Waals surface area contributed by atoms with Gasteiger partial charge in [0, 0.05) is 5.69 Å². The minimum Gasteiger partial charge on any atom is -0.325 e. The topological polar surface area (TPSA) is 59.8 Å². The zero-order valence-electron chi connectivity index (χ0n) is 12.6. The van der Waals surface area contributed by atoms with Gasteiger partial charge in [0.05, 0.1) is 11.4 Å².